The Labute approximate surface area is 96.4 Å². The molecule has 84 valence electrons. The number of anilines is 1. The molecule has 1 aliphatic heterocycles. The minimum atomic E-state index is 0.651. The maximum absolute atomic E-state index is 3.80. The molecule has 2 heteroatoms. The Balaban J connectivity index is 1.59. The Kier molecular flexibility index (Phi) is 1.83. The molecule has 0 amide bonds. The molecule has 1 aromatic carbocycles. The molecule has 2 fully saturated rings. The Morgan fingerprint density at radius 3 is 2.81 bits per heavy atom. The molecule has 4 rings (SSSR count). The van der Waals surface area contributed by atoms with Gasteiger partial charge in [0.2, 0.25) is 0 Å². The van der Waals surface area contributed by atoms with Gasteiger partial charge in [0.25, 0.3) is 0 Å². The predicted molar refractivity (Wildman–Crippen MR) is 65.8 cm³/mol. The minimum Gasteiger partial charge on any atom is -0.380 e. The quantitative estimate of drug-likeness (QED) is 0.790. The SMILES string of the molecule is c1ccc2c(c1)NC1C(NC3CC3)CCC21. The topological polar surface area (TPSA) is 24.1 Å². The van der Waals surface area contributed by atoms with Crippen LogP contribution in [0.2, 0.25) is 0 Å². The summed E-state index contributed by atoms with van der Waals surface area (Å²) in [7, 11) is 0. The Bertz CT molecular complexity index is 411. The molecule has 16 heavy (non-hydrogen) atoms. The predicted octanol–water partition coefficient (Wildman–Crippen LogP) is 2.48. The van der Waals surface area contributed by atoms with E-state index in [1.807, 2.05) is 0 Å². The van der Waals surface area contributed by atoms with Crippen LogP contribution in [0.5, 0.6) is 0 Å². The van der Waals surface area contributed by atoms with Gasteiger partial charge in [0.05, 0.1) is 0 Å². The maximum atomic E-state index is 3.80. The Hall–Kier alpha value is -1.02. The van der Waals surface area contributed by atoms with Crippen molar-refractivity contribution in [1.29, 1.82) is 0 Å². The van der Waals surface area contributed by atoms with E-state index in [4.69, 9.17) is 0 Å². The van der Waals surface area contributed by atoms with Gasteiger partial charge in [0.1, 0.15) is 0 Å². The lowest BCUT2D eigenvalue weighted by Crippen LogP contribution is -2.41. The highest BCUT2D eigenvalue weighted by atomic mass is 15.1. The monoisotopic (exact) mass is 214 g/mol. The second kappa shape index (κ2) is 3.24. The molecule has 0 spiro atoms. The molecule has 2 aliphatic carbocycles. The standard InChI is InChI=1S/C14H18N2/c1-2-4-12-10(3-1)11-7-8-13(14(11)16-12)15-9-5-6-9/h1-4,9,11,13-16H,5-8H2. The van der Waals surface area contributed by atoms with Gasteiger partial charge in [-0.25, -0.2) is 0 Å². The first-order valence-electron chi connectivity index (χ1n) is 6.53. The summed E-state index contributed by atoms with van der Waals surface area (Å²) in [6, 6.07) is 11.0. The fourth-order valence-corrected chi connectivity index (χ4v) is 3.42. The lowest BCUT2D eigenvalue weighted by atomic mass is 9.97. The van der Waals surface area contributed by atoms with Gasteiger partial charge >= 0.3 is 0 Å². The van der Waals surface area contributed by atoms with Crippen molar-refractivity contribution in [2.45, 2.75) is 49.7 Å². The van der Waals surface area contributed by atoms with Gasteiger partial charge in [-0.1, -0.05) is 18.2 Å². The molecular formula is C14H18N2. The fourth-order valence-electron chi connectivity index (χ4n) is 3.42. The highest BCUT2D eigenvalue weighted by molar-refractivity contribution is 5.60. The van der Waals surface area contributed by atoms with Crippen molar-refractivity contribution in [3.63, 3.8) is 0 Å². The van der Waals surface area contributed by atoms with Crippen molar-refractivity contribution in [2.75, 3.05) is 5.32 Å². The zero-order chi connectivity index (χ0) is 10.5. The third-order valence-electron chi connectivity index (χ3n) is 4.37. The summed E-state index contributed by atoms with van der Waals surface area (Å²) in [4.78, 5) is 0. The molecule has 2 nitrogen and oxygen atoms in total. The molecule has 2 N–H and O–H groups in total. The first-order valence-corrected chi connectivity index (χ1v) is 6.53. The number of benzene rings is 1. The van der Waals surface area contributed by atoms with Crippen LogP contribution in [0, 0.1) is 0 Å². The second-order valence-electron chi connectivity index (χ2n) is 5.49. The van der Waals surface area contributed by atoms with Gasteiger partial charge in [-0.3, -0.25) is 0 Å². The molecule has 2 saturated carbocycles. The summed E-state index contributed by atoms with van der Waals surface area (Å²) in [6.45, 7) is 0. The van der Waals surface area contributed by atoms with Crippen LogP contribution in [0.4, 0.5) is 5.69 Å². The molecule has 0 saturated heterocycles. The van der Waals surface area contributed by atoms with Gasteiger partial charge in [-0.15, -0.1) is 0 Å². The van der Waals surface area contributed by atoms with Gasteiger partial charge in [-0.05, 0) is 37.3 Å². The summed E-state index contributed by atoms with van der Waals surface area (Å²) in [6.07, 6.45) is 5.47. The number of nitrogens with one attached hydrogen (secondary N) is 2. The van der Waals surface area contributed by atoms with Crippen molar-refractivity contribution in [1.82, 2.24) is 5.32 Å². The van der Waals surface area contributed by atoms with Crippen LogP contribution >= 0.6 is 0 Å². The number of para-hydroxylation sites is 1. The molecule has 3 atom stereocenters. The highest BCUT2D eigenvalue weighted by Gasteiger charge is 2.43. The fraction of sp³-hybridized carbons (Fsp3) is 0.571. The number of rotatable bonds is 2. The average molecular weight is 214 g/mol. The van der Waals surface area contributed by atoms with Gasteiger partial charge < -0.3 is 10.6 Å². The number of hydrogen-bond acceptors (Lipinski definition) is 2. The second-order valence-corrected chi connectivity index (χ2v) is 5.49. The van der Waals surface area contributed by atoms with Crippen molar-refractivity contribution >= 4 is 5.69 Å². The third kappa shape index (κ3) is 1.29. The van der Waals surface area contributed by atoms with Crippen LogP contribution in [0.25, 0.3) is 0 Å². The largest absolute Gasteiger partial charge is 0.380 e. The van der Waals surface area contributed by atoms with Crippen molar-refractivity contribution < 1.29 is 0 Å². The maximum Gasteiger partial charge on any atom is 0.0484 e. The molecule has 1 aromatic rings. The molecule has 3 unspecified atom stereocenters. The Morgan fingerprint density at radius 2 is 1.94 bits per heavy atom. The normalized spacial score (nSPS) is 35.6. The Morgan fingerprint density at radius 1 is 1.06 bits per heavy atom. The molecule has 3 aliphatic rings. The van der Waals surface area contributed by atoms with E-state index in [1.54, 1.807) is 5.56 Å². The smallest absolute Gasteiger partial charge is 0.0484 e. The van der Waals surface area contributed by atoms with Gasteiger partial charge in [-0.2, -0.15) is 0 Å². The van der Waals surface area contributed by atoms with Crippen LogP contribution in [0.1, 0.15) is 37.2 Å². The van der Waals surface area contributed by atoms with E-state index in [9.17, 15) is 0 Å². The highest BCUT2D eigenvalue weighted by Crippen LogP contribution is 2.45. The lowest BCUT2D eigenvalue weighted by molar-refractivity contribution is 0.487. The summed E-state index contributed by atoms with van der Waals surface area (Å²) in [5, 5.41) is 7.51. The third-order valence-corrected chi connectivity index (χ3v) is 4.37. The van der Waals surface area contributed by atoms with E-state index in [0.717, 1.165) is 12.0 Å². The van der Waals surface area contributed by atoms with E-state index in [-0.39, 0.29) is 0 Å². The van der Waals surface area contributed by atoms with E-state index in [2.05, 4.69) is 34.9 Å². The van der Waals surface area contributed by atoms with E-state index < -0.39 is 0 Å². The van der Waals surface area contributed by atoms with Crippen molar-refractivity contribution in [3.05, 3.63) is 29.8 Å². The van der Waals surface area contributed by atoms with Crippen LogP contribution in [0.3, 0.4) is 0 Å². The minimum absolute atomic E-state index is 0.651. The summed E-state index contributed by atoms with van der Waals surface area (Å²) in [5.41, 5.74) is 2.92. The van der Waals surface area contributed by atoms with E-state index >= 15 is 0 Å². The van der Waals surface area contributed by atoms with Crippen molar-refractivity contribution in [2.24, 2.45) is 0 Å². The summed E-state index contributed by atoms with van der Waals surface area (Å²) in [5.74, 6) is 0.757. The molecule has 0 radical (unpaired) electrons. The van der Waals surface area contributed by atoms with Gasteiger partial charge in [0.15, 0.2) is 0 Å². The first-order chi connectivity index (χ1) is 7.92. The zero-order valence-electron chi connectivity index (χ0n) is 9.45. The molecule has 0 aromatic heterocycles. The van der Waals surface area contributed by atoms with E-state index in [0.29, 0.717) is 12.1 Å². The molecule has 1 heterocycles. The van der Waals surface area contributed by atoms with Crippen LogP contribution in [-0.4, -0.2) is 18.1 Å². The van der Waals surface area contributed by atoms with Crippen LogP contribution < -0.4 is 10.6 Å². The van der Waals surface area contributed by atoms with Gasteiger partial charge in [0, 0.05) is 29.7 Å². The number of fused-ring (bicyclic) bond motifs is 3. The summed E-state index contributed by atoms with van der Waals surface area (Å²) < 4.78 is 0. The average Bonchev–Trinajstić information content (AvgIpc) is 2.92. The van der Waals surface area contributed by atoms with E-state index in [1.165, 1.54) is 31.4 Å². The zero-order valence-corrected chi connectivity index (χ0v) is 9.45. The van der Waals surface area contributed by atoms with Crippen molar-refractivity contribution in [3.8, 4) is 0 Å². The molecule has 0 bridgehead atoms. The molecular weight excluding hydrogens is 196 g/mol. The van der Waals surface area contributed by atoms with Crippen LogP contribution in [0.15, 0.2) is 24.3 Å². The first kappa shape index (κ1) is 9.06. The summed E-state index contributed by atoms with van der Waals surface area (Å²) >= 11 is 0. The lowest BCUT2D eigenvalue weighted by Gasteiger charge is -2.21. The van der Waals surface area contributed by atoms with Crippen LogP contribution in [-0.2, 0) is 0 Å². The number of hydrogen-bond donors (Lipinski definition) is 2.